The number of urea groups is 1. The van der Waals surface area contributed by atoms with Crippen LogP contribution in [0.3, 0.4) is 0 Å². The number of nitrogens with zero attached hydrogens (tertiary/aromatic N) is 1. The first-order chi connectivity index (χ1) is 11.6. The van der Waals surface area contributed by atoms with Crippen LogP contribution in [-0.2, 0) is 6.54 Å². The Morgan fingerprint density at radius 1 is 1.33 bits per heavy atom. The molecule has 1 aromatic carbocycles. The highest BCUT2D eigenvalue weighted by atomic mass is 32.1. The zero-order valence-electron chi connectivity index (χ0n) is 12.9. The van der Waals surface area contributed by atoms with Gasteiger partial charge in [-0.2, -0.15) is 0 Å². The molecule has 0 bridgehead atoms. The van der Waals surface area contributed by atoms with Crippen LogP contribution < -0.4 is 15.4 Å². The van der Waals surface area contributed by atoms with Crippen molar-refractivity contribution in [1.29, 1.82) is 0 Å². The van der Waals surface area contributed by atoms with Gasteiger partial charge in [0.1, 0.15) is 12.4 Å². The number of nitrogens with one attached hydrogen (secondary N) is 2. The summed E-state index contributed by atoms with van der Waals surface area (Å²) in [5.74, 6) is -0.867. The molecule has 2 amide bonds. The maximum atomic E-state index is 13.3. The summed E-state index contributed by atoms with van der Waals surface area (Å²) in [7, 11) is 0. The Kier molecular flexibility index (Phi) is 5.24. The average Bonchev–Trinajstić information content (AvgIpc) is 3.30. The Morgan fingerprint density at radius 2 is 2.17 bits per heavy atom. The topological polar surface area (TPSA) is 63.2 Å². The van der Waals surface area contributed by atoms with Crippen molar-refractivity contribution >= 4 is 17.4 Å². The number of thiazole rings is 1. The molecule has 0 spiro atoms. The zero-order chi connectivity index (χ0) is 16.9. The lowest BCUT2D eigenvalue weighted by Crippen LogP contribution is -2.37. The number of aromatic nitrogens is 1. The van der Waals surface area contributed by atoms with E-state index in [1.165, 1.54) is 18.9 Å². The fourth-order valence-electron chi connectivity index (χ4n) is 2.07. The van der Waals surface area contributed by atoms with Crippen molar-refractivity contribution in [3.05, 3.63) is 45.9 Å². The molecule has 0 atom stereocenters. The smallest absolute Gasteiger partial charge is 0.315 e. The number of amides is 2. The molecule has 1 aliphatic rings. The summed E-state index contributed by atoms with van der Waals surface area (Å²) in [5.41, 5.74) is 0.849. The second-order valence-corrected chi connectivity index (χ2v) is 6.37. The Bertz CT molecular complexity index is 719. The van der Waals surface area contributed by atoms with E-state index in [4.69, 9.17) is 4.74 Å². The molecule has 5 nitrogen and oxygen atoms in total. The molecule has 128 valence electrons. The van der Waals surface area contributed by atoms with Crippen molar-refractivity contribution in [2.75, 3.05) is 13.2 Å². The van der Waals surface area contributed by atoms with Gasteiger partial charge in [0.2, 0.25) is 0 Å². The quantitative estimate of drug-likeness (QED) is 0.752. The molecule has 0 radical (unpaired) electrons. The first-order valence-electron chi connectivity index (χ1n) is 7.65. The van der Waals surface area contributed by atoms with Crippen molar-refractivity contribution in [2.45, 2.75) is 25.3 Å². The number of ether oxygens (including phenoxy) is 1. The molecule has 1 fully saturated rings. The molecule has 0 unspecified atom stereocenters. The van der Waals surface area contributed by atoms with Gasteiger partial charge in [-0.1, -0.05) is 0 Å². The van der Waals surface area contributed by atoms with Crippen molar-refractivity contribution < 1.29 is 18.3 Å². The Balaban J connectivity index is 1.33. The van der Waals surface area contributed by atoms with Crippen LogP contribution >= 0.6 is 11.3 Å². The number of hydrogen-bond donors (Lipinski definition) is 2. The van der Waals surface area contributed by atoms with Gasteiger partial charge in [0, 0.05) is 17.4 Å². The molecule has 3 rings (SSSR count). The first-order valence-corrected chi connectivity index (χ1v) is 8.53. The normalized spacial score (nSPS) is 13.6. The minimum Gasteiger partial charge on any atom is -0.489 e. The largest absolute Gasteiger partial charge is 0.489 e. The van der Waals surface area contributed by atoms with Crippen molar-refractivity contribution in [3.8, 4) is 5.75 Å². The van der Waals surface area contributed by atoms with Gasteiger partial charge in [0.25, 0.3) is 0 Å². The SMILES string of the molecule is O=C(NCCOc1ccc(F)cc1F)NCc1csc(C2CC2)n1. The average molecular weight is 353 g/mol. The Hall–Kier alpha value is -2.22. The van der Waals surface area contributed by atoms with E-state index < -0.39 is 11.6 Å². The van der Waals surface area contributed by atoms with Crippen LogP contribution in [0.5, 0.6) is 5.75 Å². The highest BCUT2D eigenvalue weighted by Crippen LogP contribution is 2.41. The lowest BCUT2D eigenvalue weighted by Gasteiger charge is -2.09. The van der Waals surface area contributed by atoms with E-state index in [9.17, 15) is 13.6 Å². The lowest BCUT2D eigenvalue weighted by atomic mass is 10.3. The molecular weight excluding hydrogens is 336 g/mol. The summed E-state index contributed by atoms with van der Waals surface area (Å²) < 4.78 is 31.2. The summed E-state index contributed by atoms with van der Waals surface area (Å²) in [6, 6.07) is 2.73. The molecule has 1 heterocycles. The highest BCUT2D eigenvalue weighted by Gasteiger charge is 2.26. The molecular formula is C16H17F2N3O2S. The number of halogens is 2. The van der Waals surface area contributed by atoms with E-state index in [2.05, 4.69) is 15.6 Å². The van der Waals surface area contributed by atoms with E-state index in [-0.39, 0.29) is 24.9 Å². The fourth-order valence-corrected chi connectivity index (χ4v) is 3.06. The molecule has 1 aromatic heterocycles. The number of carbonyl (C=O) groups is 1. The molecule has 0 aliphatic heterocycles. The Labute approximate surface area is 142 Å². The maximum Gasteiger partial charge on any atom is 0.315 e. The minimum absolute atomic E-state index is 0.0475. The molecule has 2 N–H and O–H groups in total. The number of hydrogen-bond acceptors (Lipinski definition) is 4. The second-order valence-electron chi connectivity index (χ2n) is 5.48. The van der Waals surface area contributed by atoms with E-state index in [0.29, 0.717) is 12.5 Å². The van der Waals surface area contributed by atoms with Gasteiger partial charge in [-0.25, -0.2) is 18.6 Å². The standard InChI is InChI=1S/C16H17F2N3O2S/c17-11-3-4-14(13(18)7-11)23-6-5-19-16(22)20-8-12-9-24-15(21-12)10-1-2-10/h3-4,7,9-10H,1-2,5-6,8H2,(H2,19,20,22). The van der Waals surface area contributed by atoms with Crippen LogP contribution in [0.25, 0.3) is 0 Å². The van der Waals surface area contributed by atoms with Gasteiger partial charge in [-0.05, 0) is 25.0 Å². The van der Waals surface area contributed by atoms with Gasteiger partial charge in [-0.15, -0.1) is 11.3 Å². The van der Waals surface area contributed by atoms with Crippen LogP contribution in [0.2, 0.25) is 0 Å². The van der Waals surface area contributed by atoms with E-state index in [1.807, 2.05) is 5.38 Å². The number of rotatable bonds is 7. The summed E-state index contributed by atoms with van der Waals surface area (Å²) in [5, 5.41) is 8.40. The summed E-state index contributed by atoms with van der Waals surface area (Å²) in [6.07, 6.45) is 2.41. The molecule has 1 aliphatic carbocycles. The molecule has 8 heteroatoms. The van der Waals surface area contributed by atoms with Crippen molar-refractivity contribution in [1.82, 2.24) is 15.6 Å². The molecule has 2 aromatic rings. The third-order valence-corrected chi connectivity index (χ3v) is 4.52. The first kappa shape index (κ1) is 16.6. The minimum atomic E-state index is -0.769. The van der Waals surface area contributed by atoms with Gasteiger partial charge in [-0.3, -0.25) is 0 Å². The van der Waals surface area contributed by atoms with Gasteiger partial charge in [0.15, 0.2) is 11.6 Å². The molecule has 0 saturated heterocycles. The van der Waals surface area contributed by atoms with Gasteiger partial charge in [0.05, 0.1) is 23.8 Å². The summed E-state index contributed by atoms with van der Waals surface area (Å²) in [6.45, 7) is 0.647. The van der Waals surface area contributed by atoms with Crippen molar-refractivity contribution in [2.24, 2.45) is 0 Å². The van der Waals surface area contributed by atoms with E-state index in [1.54, 1.807) is 11.3 Å². The second kappa shape index (κ2) is 7.57. The molecule has 24 heavy (non-hydrogen) atoms. The predicted molar refractivity (Wildman–Crippen MR) is 86.2 cm³/mol. The van der Waals surface area contributed by atoms with Crippen LogP contribution in [0, 0.1) is 11.6 Å². The zero-order valence-corrected chi connectivity index (χ0v) is 13.7. The van der Waals surface area contributed by atoms with E-state index >= 15 is 0 Å². The monoisotopic (exact) mass is 353 g/mol. The van der Waals surface area contributed by atoms with E-state index in [0.717, 1.165) is 22.8 Å². The summed E-state index contributed by atoms with van der Waals surface area (Å²) in [4.78, 5) is 16.1. The lowest BCUT2D eigenvalue weighted by molar-refractivity contribution is 0.235. The number of benzene rings is 1. The van der Waals surface area contributed by atoms with Gasteiger partial charge >= 0.3 is 6.03 Å². The van der Waals surface area contributed by atoms with Crippen LogP contribution in [0.1, 0.15) is 29.5 Å². The predicted octanol–water partition coefficient (Wildman–Crippen LogP) is 3.18. The third-order valence-electron chi connectivity index (χ3n) is 3.47. The third kappa shape index (κ3) is 4.64. The summed E-state index contributed by atoms with van der Waals surface area (Å²) >= 11 is 1.63. The van der Waals surface area contributed by atoms with Crippen LogP contribution in [-0.4, -0.2) is 24.2 Å². The number of carbonyl (C=O) groups excluding carboxylic acids is 1. The fraction of sp³-hybridized carbons (Fsp3) is 0.375. The highest BCUT2D eigenvalue weighted by molar-refractivity contribution is 7.09. The van der Waals surface area contributed by atoms with Crippen LogP contribution in [0.4, 0.5) is 13.6 Å². The van der Waals surface area contributed by atoms with Crippen LogP contribution in [0.15, 0.2) is 23.6 Å². The maximum absolute atomic E-state index is 13.3. The molecule has 1 saturated carbocycles. The van der Waals surface area contributed by atoms with Gasteiger partial charge < -0.3 is 15.4 Å². The van der Waals surface area contributed by atoms with Crippen molar-refractivity contribution in [3.63, 3.8) is 0 Å². The Morgan fingerprint density at radius 3 is 2.92 bits per heavy atom.